The SMILES string of the molecule is [2H]c1cc(C2(c3c([2H])c([2H])c([2H])c([2H])c3[2H])c3cc(N(c4cc([2H])c([2H])c5c4-c4c([2H])c([2H])c([2H])c([2H])c4C54c5cccc([2H])c5-c5c([2H])c([2H])c([2H])c([2H])c54)c4c([2H])cc5c([2H])c([2H])cc([2H])c5c4-c4c([2H])c([2H])c(-c5c([2H])cccc5[2H])c([2H])c4[2H])c([2H])c([2H])c3-c3c([2H])c([2H])c([2H])c([2H])c32)c([2H])c([2H])c1[2H]. The minimum Gasteiger partial charge on any atom is -0.309 e. The molecular weight excluding hydrogens is 879 g/mol. The Hall–Kier alpha value is -9.30. The van der Waals surface area contributed by atoms with Crippen LogP contribution in [-0.4, -0.2) is 0 Å². The van der Waals surface area contributed by atoms with E-state index in [2.05, 4.69) is 0 Å². The van der Waals surface area contributed by atoms with Crippen LogP contribution in [0.1, 0.15) is 93.9 Å². The van der Waals surface area contributed by atoms with Crippen LogP contribution in [0.4, 0.5) is 17.1 Å². The molecular formula is C72H47N. The number of anilines is 3. The normalized spacial score (nSPS) is 23.2. The lowest BCUT2D eigenvalue weighted by Gasteiger charge is -2.36. The number of hydrogen-bond donors (Lipinski definition) is 0. The van der Waals surface area contributed by atoms with E-state index in [4.69, 9.17) is 8.22 Å². The maximum atomic E-state index is 10.8. The molecule has 15 rings (SSSR count). The summed E-state index contributed by atoms with van der Waals surface area (Å²) in [5.74, 6) is 0. The van der Waals surface area contributed by atoms with Crippen LogP contribution in [0, 0.1) is 0 Å². The number of fused-ring (bicyclic) bond motifs is 14. The van der Waals surface area contributed by atoms with E-state index in [1.54, 1.807) is 0 Å². The molecule has 1 heteroatoms. The second-order valence-electron chi connectivity index (χ2n) is 17.0. The first-order valence-electron chi connectivity index (χ1n) is 40.5. The number of hydrogen-bond acceptors (Lipinski definition) is 1. The molecule has 3 aliphatic carbocycles. The first-order chi connectivity index (χ1) is 51.1. The van der Waals surface area contributed by atoms with Crippen molar-refractivity contribution >= 4 is 27.8 Å². The van der Waals surface area contributed by atoms with Crippen molar-refractivity contribution in [1.29, 1.82) is 0 Å². The van der Waals surface area contributed by atoms with E-state index in [9.17, 15) is 41.1 Å². The lowest BCUT2D eigenvalue weighted by molar-refractivity contribution is 0.768. The topological polar surface area (TPSA) is 3.24 Å². The van der Waals surface area contributed by atoms with Gasteiger partial charge in [-0.15, -0.1) is 0 Å². The zero-order chi connectivity index (χ0) is 79.4. The predicted octanol–water partition coefficient (Wildman–Crippen LogP) is 18.4. The third kappa shape index (κ3) is 5.79. The van der Waals surface area contributed by atoms with Gasteiger partial charge in [-0.2, -0.15) is 0 Å². The van der Waals surface area contributed by atoms with Gasteiger partial charge in [-0.1, -0.05) is 260 Å². The zero-order valence-electron chi connectivity index (χ0n) is 73.3. The van der Waals surface area contributed by atoms with E-state index < -0.39 is 345 Å². The summed E-state index contributed by atoms with van der Waals surface area (Å²) < 4.78 is 348. The van der Waals surface area contributed by atoms with Gasteiger partial charge in [0.05, 0.1) is 71.6 Å². The highest BCUT2D eigenvalue weighted by Crippen LogP contribution is 2.65. The summed E-state index contributed by atoms with van der Waals surface area (Å²) in [5.41, 5.74) is -20.4. The molecule has 0 aromatic heterocycles. The molecule has 340 valence electrons. The van der Waals surface area contributed by atoms with Crippen LogP contribution >= 0.6 is 0 Å². The van der Waals surface area contributed by atoms with Crippen molar-refractivity contribution in [3.05, 3.63) is 329 Å². The average molecular weight is 962 g/mol. The fraction of sp³-hybridized carbons (Fsp3) is 0.0278. The largest absolute Gasteiger partial charge is 0.309 e. The highest BCUT2D eigenvalue weighted by molar-refractivity contribution is 6.08. The molecule has 0 saturated heterocycles. The summed E-state index contributed by atoms with van der Waals surface area (Å²) in [5, 5.41) is -1.12. The Morgan fingerprint density at radius 3 is 1.71 bits per heavy atom. The van der Waals surface area contributed by atoms with Gasteiger partial charge in [0.2, 0.25) is 0 Å². The van der Waals surface area contributed by atoms with Crippen molar-refractivity contribution in [1.82, 2.24) is 0 Å². The van der Waals surface area contributed by atoms with Gasteiger partial charge in [-0.25, -0.2) is 0 Å². The molecule has 12 aromatic rings. The fourth-order valence-corrected chi connectivity index (χ4v) is 10.9. The van der Waals surface area contributed by atoms with Crippen molar-refractivity contribution in [3.8, 4) is 55.6 Å². The predicted molar refractivity (Wildman–Crippen MR) is 303 cm³/mol. The second-order valence-corrected chi connectivity index (χ2v) is 17.0. The molecule has 73 heavy (non-hydrogen) atoms. The number of nitrogens with zero attached hydrogens (tertiary/aromatic N) is 1. The van der Waals surface area contributed by atoms with Crippen LogP contribution in [0.2, 0.25) is 0 Å². The number of benzene rings is 12. The van der Waals surface area contributed by atoms with Crippen LogP contribution in [0.5, 0.6) is 0 Å². The van der Waals surface area contributed by atoms with Gasteiger partial charge in [0.15, 0.2) is 0 Å². The quantitative estimate of drug-likeness (QED) is 0.154. The molecule has 0 aliphatic heterocycles. The molecule has 1 spiro atoms. The molecule has 3 aliphatic rings. The van der Waals surface area contributed by atoms with Gasteiger partial charge in [-0.05, 0) is 124 Å². The lowest BCUT2D eigenvalue weighted by atomic mass is 9.67. The second kappa shape index (κ2) is 16.1. The molecule has 0 bridgehead atoms. The summed E-state index contributed by atoms with van der Waals surface area (Å²) in [6.07, 6.45) is 0. The van der Waals surface area contributed by atoms with E-state index >= 15 is 0 Å². The van der Waals surface area contributed by atoms with Crippen molar-refractivity contribution < 1.29 is 49.3 Å². The van der Waals surface area contributed by atoms with Crippen LogP contribution in [0.3, 0.4) is 0 Å². The third-order valence-corrected chi connectivity index (χ3v) is 13.7. The molecule has 0 amide bonds. The Morgan fingerprint density at radius 1 is 0.301 bits per heavy atom. The van der Waals surface area contributed by atoms with E-state index in [-0.39, 0.29) is 11.1 Å². The van der Waals surface area contributed by atoms with E-state index in [1.807, 2.05) is 0 Å². The summed E-state index contributed by atoms with van der Waals surface area (Å²) in [7, 11) is 0. The fourth-order valence-electron chi connectivity index (χ4n) is 10.9. The molecule has 2 unspecified atom stereocenters. The van der Waals surface area contributed by atoms with Crippen molar-refractivity contribution in [2.24, 2.45) is 0 Å². The Morgan fingerprint density at radius 2 is 0.918 bits per heavy atom. The highest BCUT2D eigenvalue weighted by atomic mass is 15.1. The molecule has 0 radical (unpaired) electrons. The van der Waals surface area contributed by atoms with Crippen LogP contribution < -0.4 is 4.90 Å². The number of rotatable bonds is 7. The Labute approximate surface area is 477 Å². The van der Waals surface area contributed by atoms with Gasteiger partial charge in [-0.3, -0.25) is 0 Å². The van der Waals surface area contributed by atoms with Crippen LogP contribution in [0.15, 0.2) is 284 Å². The summed E-state index contributed by atoms with van der Waals surface area (Å²) in [4.78, 5) is 0.764. The molecule has 0 heterocycles. The third-order valence-electron chi connectivity index (χ3n) is 13.7. The molecule has 12 aromatic carbocycles. The average Bonchev–Trinajstić information content (AvgIpc) is 1.48. The summed E-state index contributed by atoms with van der Waals surface area (Å²) >= 11 is 0. The van der Waals surface area contributed by atoms with E-state index in [1.165, 1.54) is 36.4 Å². The Bertz CT molecular complexity index is 6270. The molecule has 0 saturated carbocycles. The molecule has 0 N–H and O–H groups in total. The first kappa shape index (κ1) is 19.4. The highest BCUT2D eigenvalue weighted by Gasteiger charge is 2.53. The minimum atomic E-state index is -3.22. The van der Waals surface area contributed by atoms with E-state index in [0.29, 0.717) is 0 Å². The van der Waals surface area contributed by atoms with Gasteiger partial charge in [0, 0.05) is 16.8 Å². The van der Waals surface area contributed by atoms with Crippen molar-refractivity contribution in [3.63, 3.8) is 0 Å². The minimum absolute atomic E-state index is 0.223. The Kier molecular flexibility index (Phi) is 4.28. The van der Waals surface area contributed by atoms with Gasteiger partial charge in [0.1, 0.15) is 0 Å². The maximum absolute atomic E-state index is 10.8. The summed E-state index contributed by atoms with van der Waals surface area (Å²) in [6, 6.07) is -22.4. The van der Waals surface area contributed by atoms with E-state index in [0.717, 1.165) is 35.2 Å². The smallest absolute Gasteiger partial charge is 0.0726 e. The molecule has 1 nitrogen and oxygen atoms in total. The van der Waals surface area contributed by atoms with Crippen LogP contribution in [-0.2, 0) is 10.8 Å². The van der Waals surface area contributed by atoms with Gasteiger partial charge >= 0.3 is 0 Å². The molecule has 2 atom stereocenters. The van der Waals surface area contributed by atoms with Crippen molar-refractivity contribution in [2.45, 2.75) is 10.8 Å². The zero-order valence-corrected chi connectivity index (χ0v) is 37.3. The standard InChI is InChI=1S/C72H47N/c1-4-21-48(22-5-1)49-39-41-51(42-40-49)69-55-28-11-10-23-50(55)43-46-68(69)73(54-44-45-59-58-31-12-16-33-61(58)71(66(59)47-54,52-24-6-2-7-25-52)53-26-8-3-9-27-53)67-38-20-37-65-70(67)60-32-15-19-36-64(60)72(65)62-34-17-13-29-56(62)57-30-14-18-35-63(57)72/h1-47H/i2D,3D,6D,7D,8D,9D,10D,12D,13D,15D,16D,17D,19D,20D,21D,22D,23D,24D,25D,26D,28D,29D,30D,31D,32D,33D,34D,36D,37D,39D,40D,41D,42D,44D,45D,46D. The lowest BCUT2D eigenvalue weighted by Crippen LogP contribution is -2.28. The first-order valence-corrected chi connectivity index (χ1v) is 22.5. The van der Waals surface area contributed by atoms with Gasteiger partial charge < -0.3 is 4.90 Å². The van der Waals surface area contributed by atoms with Gasteiger partial charge in [0.25, 0.3) is 0 Å². The monoisotopic (exact) mass is 962 g/mol. The van der Waals surface area contributed by atoms with Crippen molar-refractivity contribution in [2.75, 3.05) is 4.90 Å². The maximum Gasteiger partial charge on any atom is 0.0726 e. The summed E-state index contributed by atoms with van der Waals surface area (Å²) in [6.45, 7) is 0. The molecule has 0 fully saturated rings. The Balaban J connectivity index is 1.26. The van der Waals surface area contributed by atoms with Crippen LogP contribution in [0.25, 0.3) is 66.4 Å².